The van der Waals surface area contributed by atoms with Gasteiger partial charge in [0.2, 0.25) is 0 Å². The first kappa shape index (κ1) is 11.5. The van der Waals surface area contributed by atoms with E-state index in [1.165, 1.54) is 12.8 Å². The standard InChI is InChI=1S/C12H20N4/c1-10-6-16-12(9-15-10)8-14-7-11-2-4-13-5-3-11/h6,9,11,13-14H,2-5,7-8H2,1H3. The average molecular weight is 220 g/mol. The lowest BCUT2D eigenvalue weighted by Gasteiger charge is -2.22. The zero-order chi connectivity index (χ0) is 11.2. The summed E-state index contributed by atoms with van der Waals surface area (Å²) in [6.45, 7) is 6.21. The van der Waals surface area contributed by atoms with Gasteiger partial charge in [0.25, 0.3) is 0 Å². The molecule has 4 nitrogen and oxygen atoms in total. The van der Waals surface area contributed by atoms with E-state index in [2.05, 4.69) is 20.6 Å². The molecular formula is C12H20N4. The summed E-state index contributed by atoms with van der Waals surface area (Å²) in [4.78, 5) is 8.56. The minimum Gasteiger partial charge on any atom is -0.317 e. The van der Waals surface area contributed by atoms with Crippen LogP contribution >= 0.6 is 0 Å². The molecule has 1 saturated heterocycles. The number of hydrogen-bond donors (Lipinski definition) is 2. The molecule has 0 radical (unpaired) electrons. The Labute approximate surface area is 96.9 Å². The van der Waals surface area contributed by atoms with Gasteiger partial charge < -0.3 is 10.6 Å². The van der Waals surface area contributed by atoms with Crippen LogP contribution in [0.25, 0.3) is 0 Å². The number of nitrogens with one attached hydrogen (secondary N) is 2. The third-order valence-electron chi connectivity index (χ3n) is 3.03. The van der Waals surface area contributed by atoms with Crippen LogP contribution in [0.4, 0.5) is 0 Å². The normalized spacial score (nSPS) is 17.6. The summed E-state index contributed by atoms with van der Waals surface area (Å²) in [5, 5.41) is 6.84. The fraction of sp³-hybridized carbons (Fsp3) is 0.667. The highest BCUT2D eigenvalue weighted by Crippen LogP contribution is 2.09. The van der Waals surface area contributed by atoms with Crippen molar-refractivity contribution in [1.29, 1.82) is 0 Å². The monoisotopic (exact) mass is 220 g/mol. The number of nitrogens with zero attached hydrogens (tertiary/aromatic N) is 2. The molecule has 2 heterocycles. The first-order valence-corrected chi connectivity index (χ1v) is 6.03. The molecule has 0 saturated carbocycles. The van der Waals surface area contributed by atoms with Crippen LogP contribution < -0.4 is 10.6 Å². The molecule has 1 fully saturated rings. The van der Waals surface area contributed by atoms with Gasteiger partial charge in [-0.1, -0.05) is 0 Å². The van der Waals surface area contributed by atoms with Gasteiger partial charge in [0.15, 0.2) is 0 Å². The van der Waals surface area contributed by atoms with Crippen molar-refractivity contribution in [2.75, 3.05) is 19.6 Å². The molecule has 88 valence electrons. The van der Waals surface area contributed by atoms with Crippen molar-refractivity contribution in [3.8, 4) is 0 Å². The second kappa shape index (κ2) is 5.92. The number of rotatable bonds is 4. The Morgan fingerprint density at radius 3 is 2.81 bits per heavy atom. The van der Waals surface area contributed by atoms with E-state index in [1.807, 2.05) is 19.3 Å². The van der Waals surface area contributed by atoms with E-state index in [-0.39, 0.29) is 0 Å². The summed E-state index contributed by atoms with van der Waals surface area (Å²) in [5.74, 6) is 0.819. The Bertz CT molecular complexity index is 303. The largest absolute Gasteiger partial charge is 0.317 e. The van der Waals surface area contributed by atoms with Crippen LogP contribution in [0.5, 0.6) is 0 Å². The van der Waals surface area contributed by atoms with Crippen molar-refractivity contribution in [1.82, 2.24) is 20.6 Å². The Hall–Kier alpha value is -1.00. The molecule has 0 atom stereocenters. The van der Waals surface area contributed by atoms with Gasteiger partial charge in [-0.15, -0.1) is 0 Å². The summed E-state index contributed by atoms with van der Waals surface area (Å²) < 4.78 is 0. The van der Waals surface area contributed by atoms with E-state index in [9.17, 15) is 0 Å². The molecule has 2 rings (SSSR count). The van der Waals surface area contributed by atoms with E-state index in [0.29, 0.717) is 0 Å². The average Bonchev–Trinajstić information content (AvgIpc) is 2.33. The predicted octanol–water partition coefficient (Wildman–Crippen LogP) is 0.874. The highest BCUT2D eigenvalue weighted by atomic mass is 14.9. The summed E-state index contributed by atoms with van der Waals surface area (Å²) in [7, 11) is 0. The quantitative estimate of drug-likeness (QED) is 0.790. The van der Waals surface area contributed by atoms with Crippen LogP contribution in [0, 0.1) is 12.8 Å². The van der Waals surface area contributed by atoms with Crippen LogP contribution in [0.1, 0.15) is 24.2 Å². The van der Waals surface area contributed by atoms with Gasteiger partial charge in [0.1, 0.15) is 0 Å². The first-order chi connectivity index (χ1) is 7.84. The van der Waals surface area contributed by atoms with Gasteiger partial charge >= 0.3 is 0 Å². The van der Waals surface area contributed by atoms with E-state index in [0.717, 1.165) is 43.5 Å². The van der Waals surface area contributed by atoms with Gasteiger partial charge in [-0.05, 0) is 45.3 Å². The van der Waals surface area contributed by atoms with Gasteiger partial charge in [-0.3, -0.25) is 9.97 Å². The Balaban J connectivity index is 1.69. The van der Waals surface area contributed by atoms with Crippen molar-refractivity contribution in [3.63, 3.8) is 0 Å². The van der Waals surface area contributed by atoms with Crippen molar-refractivity contribution in [3.05, 3.63) is 23.8 Å². The van der Waals surface area contributed by atoms with Crippen LogP contribution in [0.3, 0.4) is 0 Å². The highest BCUT2D eigenvalue weighted by Gasteiger charge is 2.11. The number of hydrogen-bond acceptors (Lipinski definition) is 4. The van der Waals surface area contributed by atoms with Crippen molar-refractivity contribution in [2.24, 2.45) is 5.92 Å². The topological polar surface area (TPSA) is 49.8 Å². The number of aromatic nitrogens is 2. The zero-order valence-electron chi connectivity index (χ0n) is 9.87. The molecule has 2 N–H and O–H groups in total. The van der Waals surface area contributed by atoms with Crippen LogP contribution in [-0.4, -0.2) is 29.6 Å². The molecular weight excluding hydrogens is 200 g/mol. The molecule has 1 aromatic heterocycles. The molecule has 4 heteroatoms. The SMILES string of the molecule is Cc1cnc(CNCC2CCNCC2)cn1. The van der Waals surface area contributed by atoms with E-state index >= 15 is 0 Å². The third kappa shape index (κ3) is 3.54. The second-order valence-electron chi connectivity index (χ2n) is 4.47. The Kier molecular flexibility index (Phi) is 4.25. The Morgan fingerprint density at radius 1 is 1.31 bits per heavy atom. The third-order valence-corrected chi connectivity index (χ3v) is 3.03. The van der Waals surface area contributed by atoms with E-state index in [4.69, 9.17) is 0 Å². The summed E-state index contributed by atoms with van der Waals surface area (Å²) >= 11 is 0. The molecule has 0 amide bonds. The van der Waals surface area contributed by atoms with Crippen LogP contribution in [0.15, 0.2) is 12.4 Å². The van der Waals surface area contributed by atoms with Crippen molar-refractivity contribution < 1.29 is 0 Å². The maximum Gasteiger partial charge on any atom is 0.0724 e. The lowest BCUT2D eigenvalue weighted by Crippen LogP contribution is -2.33. The molecule has 0 aromatic carbocycles. The minimum atomic E-state index is 0.819. The van der Waals surface area contributed by atoms with E-state index in [1.54, 1.807) is 0 Å². The second-order valence-corrected chi connectivity index (χ2v) is 4.47. The van der Waals surface area contributed by atoms with Crippen molar-refractivity contribution >= 4 is 0 Å². The Morgan fingerprint density at radius 2 is 2.12 bits per heavy atom. The molecule has 0 aliphatic carbocycles. The zero-order valence-corrected chi connectivity index (χ0v) is 9.87. The summed E-state index contributed by atoms with van der Waals surface area (Å²) in [6, 6.07) is 0. The molecule has 16 heavy (non-hydrogen) atoms. The van der Waals surface area contributed by atoms with Crippen LogP contribution in [-0.2, 0) is 6.54 Å². The molecule has 1 aromatic rings. The maximum absolute atomic E-state index is 4.32. The molecule has 0 unspecified atom stereocenters. The first-order valence-electron chi connectivity index (χ1n) is 6.03. The molecule has 0 bridgehead atoms. The van der Waals surface area contributed by atoms with Crippen LogP contribution in [0.2, 0.25) is 0 Å². The fourth-order valence-corrected chi connectivity index (χ4v) is 2.00. The highest BCUT2D eigenvalue weighted by molar-refractivity contribution is 5.00. The maximum atomic E-state index is 4.32. The minimum absolute atomic E-state index is 0.819. The lowest BCUT2D eigenvalue weighted by molar-refractivity contribution is 0.356. The molecule has 1 aliphatic heterocycles. The smallest absolute Gasteiger partial charge is 0.0724 e. The summed E-state index contributed by atoms with van der Waals surface area (Å²) in [5.41, 5.74) is 2.00. The fourth-order valence-electron chi connectivity index (χ4n) is 2.00. The summed E-state index contributed by atoms with van der Waals surface area (Å²) in [6.07, 6.45) is 6.24. The predicted molar refractivity (Wildman–Crippen MR) is 64.1 cm³/mol. The van der Waals surface area contributed by atoms with Gasteiger partial charge in [-0.25, -0.2) is 0 Å². The van der Waals surface area contributed by atoms with Gasteiger partial charge in [0.05, 0.1) is 11.4 Å². The number of piperidine rings is 1. The van der Waals surface area contributed by atoms with Gasteiger partial charge in [-0.2, -0.15) is 0 Å². The van der Waals surface area contributed by atoms with Crippen molar-refractivity contribution in [2.45, 2.75) is 26.3 Å². The lowest BCUT2D eigenvalue weighted by atomic mass is 9.98. The number of aryl methyl sites for hydroxylation is 1. The molecule has 0 spiro atoms. The van der Waals surface area contributed by atoms with Gasteiger partial charge in [0, 0.05) is 18.9 Å². The van der Waals surface area contributed by atoms with E-state index < -0.39 is 0 Å². The molecule has 1 aliphatic rings.